The fourth-order valence-electron chi connectivity index (χ4n) is 4.42. The molecule has 2 amide bonds. The number of carbonyl (C=O) groups is 2. The molecule has 1 aliphatic heterocycles. The Bertz CT molecular complexity index is 1200. The Kier molecular flexibility index (Phi) is 8.00. The van der Waals surface area contributed by atoms with Crippen LogP contribution in [0.1, 0.15) is 44.0 Å². The lowest BCUT2D eigenvalue weighted by Gasteiger charge is -2.32. The van der Waals surface area contributed by atoms with Gasteiger partial charge in [0.15, 0.2) is 0 Å². The molecule has 0 bridgehead atoms. The molecule has 3 aromatic rings. The molecule has 0 unspecified atom stereocenters. The molecule has 0 radical (unpaired) electrons. The molecule has 0 aliphatic carbocycles. The number of nitrogens with zero attached hydrogens (tertiary/aromatic N) is 1. The second-order valence-corrected chi connectivity index (χ2v) is 10.7. The number of piperidine rings is 1. The molecule has 0 spiro atoms. The lowest BCUT2D eigenvalue weighted by molar-refractivity contribution is 0.0500. The molecule has 1 N–H and O–H groups in total. The Balaban J connectivity index is 1.37. The molecule has 4 rings (SSSR count). The van der Waals surface area contributed by atoms with Crippen molar-refractivity contribution in [1.82, 2.24) is 10.2 Å². The Labute approximate surface area is 218 Å². The third-order valence-corrected chi connectivity index (χ3v) is 6.68. The first-order valence-corrected chi connectivity index (χ1v) is 12.8. The predicted octanol–water partition coefficient (Wildman–Crippen LogP) is 7.05. The zero-order valence-electron chi connectivity index (χ0n) is 21.1. The van der Waals surface area contributed by atoms with Crippen molar-refractivity contribution in [3.8, 4) is 22.3 Å². The predicted molar refractivity (Wildman–Crippen MR) is 145 cm³/mol. The molecular formula is C30H33ClN2O3. The number of ether oxygens (including phenoxy) is 1. The van der Waals surface area contributed by atoms with Gasteiger partial charge in [-0.3, -0.25) is 4.79 Å². The van der Waals surface area contributed by atoms with Crippen LogP contribution >= 0.6 is 11.6 Å². The average Bonchev–Trinajstić information content (AvgIpc) is 2.87. The summed E-state index contributed by atoms with van der Waals surface area (Å²) in [7, 11) is 0. The quantitative estimate of drug-likeness (QED) is 0.405. The van der Waals surface area contributed by atoms with Crippen molar-refractivity contribution in [1.29, 1.82) is 0 Å². The van der Waals surface area contributed by atoms with Crippen LogP contribution in [0.5, 0.6) is 0 Å². The topological polar surface area (TPSA) is 58.6 Å². The van der Waals surface area contributed by atoms with Crippen molar-refractivity contribution in [2.45, 2.75) is 39.2 Å². The summed E-state index contributed by atoms with van der Waals surface area (Å²) in [5.74, 6) is 0.331. The first-order chi connectivity index (χ1) is 17.2. The fraction of sp³-hybridized carbons (Fsp3) is 0.333. The first-order valence-electron chi connectivity index (χ1n) is 12.4. The second kappa shape index (κ2) is 11.2. The Morgan fingerprint density at radius 3 is 2.17 bits per heavy atom. The van der Waals surface area contributed by atoms with Gasteiger partial charge in [-0.05, 0) is 74.4 Å². The highest BCUT2D eigenvalue weighted by Gasteiger charge is 2.25. The van der Waals surface area contributed by atoms with Gasteiger partial charge in [-0.1, -0.05) is 66.2 Å². The summed E-state index contributed by atoms with van der Waals surface area (Å²) in [6, 6.07) is 23.9. The molecule has 188 valence electrons. The van der Waals surface area contributed by atoms with Crippen LogP contribution in [0.15, 0.2) is 72.8 Å². The largest absolute Gasteiger partial charge is 0.444 e. The Hall–Kier alpha value is -3.31. The van der Waals surface area contributed by atoms with Crippen LogP contribution in [0, 0.1) is 5.92 Å². The van der Waals surface area contributed by atoms with Gasteiger partial charge in [0.1, 0.15) is 5.60 Å². The van der Waals surface area contributed by atoms with Crippen LogP contribution in [-0.4, -0.2) is 42.1 Å². The van der Waals surface area contributed by atoms with E-state index in [0.29, 0.717) is 36.1 Å². The van der Waals surface area contributed by atoms with Crippen molar-refractivity contribution in [3.05, 3.63) is 83.4 Å². The van der Waals surface area contributed by atoms with Gasteiger partial charge in [0.05, 0.1) is 0 Å². The van der Waals surface area contributed by atoms with Crippen LogP contribution in [0.4, 0.5) is 4.79 Å². The molecule has 5 nitrogen and oxygen atoms in total. The summed E-state index contributed by atoms with van der Waals surface area (Å²) >= 11 is 6.53. The minimum Gasteiger partial charge on any atom is -0.444 e. The SMILES string of the molecule is CC(C)(C)OC(=O)NCC1CCN(C(=O)c2ccc(Cl)c(-c3ccc(-c4ccccc4)cc3)c2)CC1. The maximum absolute atomic E-state index is 13.3. The van der Waals surface area contributed by atoms with Gasteiger partial charge in [0.25, 0.3) is 5.91 Å². The number of alkyl carbamates (subject to hydrolysis) is 1. The third kappa shape index (κ3) is 6.67. The van der Waals surface area contributed by atoms with E-state index >= 15 is 0 Å². The molecule has 3 aromatic carbocycles. The molecule has 36 heavy (non-hydrogen) atoms. The number of likely N-dealkylation sites (tertiary alicyclic amines) is 1. The third-order valence-electron chi connectivity index (χ3n) is 6.35. The van der Waals surface area contributed by atoms with Crippen molar-refractivity contribution >= 4 is 23.6 Å². The molecule has 1 heterocycles. The van der Waals surface area contributed by atoms with Gasteiger partial charge in [-0.25, -0.2) is 4.79 Å². The van der Waals surface area contributed by atoms with Crippen LogP contribution in [0.3, 0.4) is 0 Å². The van der Waals surface area contributed by atoms with E-state index in [1.165, 1.54) is 0 Å². The number of amides is 2. The number of hydrogen-bond donors (Lipinski definition) is 1. The Morgan fingerprint density at radius 2 is 1.53 bits per heavy atom. The zero-order valence-corrected chi connectivity index (χ0v) is 21.8. The normalized spacial score (nSPS) is 14.4. The van der Waals surface area contributed by atoms with E-state index in [9.17, 15) is 9.59 Å². The number of carbonyl (C=O) groups excluding carboxylic acids is 2. The van der Waals surface area contributed by atoms with Crippen LogP contribution in [0.25, 0.3) is 22.3 Å². The van der Waals surface area contributed by atoms with Crippen LogP contribution in [-0.2, 0) is 4.74 Å². The molecule has 0 saturated carbocycles. The average molecular weight is 505 g/mol. The van der Waals surface area contributed by atoms with E-state index < -0.39 is 11.7 Å². The zero-order chi connectivity index (χ0) is 25.7. The number of rotatable bonds is 5. The van der Waals surface area contributed by atoms with Crippen LogP contribution in [0.2, 0.25) is 5.02 Å². The van der Waals surface area contributed by atoms with E-state index in [1.807, 2.05) is 62.1 Å². The van der Waals surface area contributed by atoms with Crippen molar-refractivity contribution < 1.29 is 14.3 Å². The van der Waals surface area contributed by atoms with Crippen molar-refractivity contribution in [2.24, 2.45) is 5.92 Å². The van der Waals surface area contributed by atoms with Crippen molar-refractivity contribution in [3.63, 3.8) is 0 Å². The van der Waals surface area contributed by atoms with E-state index in [4.69, 9.17) is 16.3 Å². The molecule has 1 fully saturated rings. The molecule has 1 aliphatic rings. The van der Waals surface area contributed by atoms with Gasteiger partial charge in [-0.15, -0.1) is 0 Å². The summed E-state index contributed by atoms with van der Waals surface area (Å²) in [5.41, 5.74) is 4.23. The fourth-order valence-corrected chi connectivity index (χ4v) is 4.64. The van der Waals surface area contributed by atoms with Crippen LogP contribution < -0.4 is 5.32 Å². The highest BCUT2D eigenvalue weighted by Crippen LogP contribution is 2.31. The summed E-state index contributed by atoms with van der Waals surface area (Å²) in [4.78, 5) is 27.1. The number of nitrogens with one attached hydrogen (secondary N) is 1. The summed E-state index contributed by atoms with van der Waals surface area (Å²) in [5, 5.41) is 3.47. The van der Waals surface area contributed by atoms with Gasteiger partial charge >= 0.3 is 6.09 Å². The Morgan fingerprint density at radius 1 is 0.917 bits per heavy atom. The maximum atomic E-state index is 13.3. The van der Waals surface area contributed by atoms with Gasteiger partial charge in [0.2, 0.25) is 0 Å². The van der Waals surface area contributed by atoms with Gasteiger partial charge < -0.3 is 15.0 Å². The van der Waals surface area contributed by atoms with E-state index in [1.54, 1.807) is 12.1 Å². The maximum Gasteiger partial charge on any atom is 0.407 e. The monoisotopic (exact) mass is 504 g/mol. The molecular weight excluding hydrogens is 472 g/mol. The second-order valence-electron chi connectivity index (χ2n) is 10.3. The lowest BCUT2D eigenvalue weighted by Crippen LogP contribution is -2.42. The summed E-state index contributed by atoms with van der Waals surface area (Å²) < 4.78 is 5.31. The van der Waals surface area contributed by atoms with Gasteiger partial charge in [-0.2, -0.15) is 0 Å². The van der Waals surface area contributed by atoms with E-state index in [-0.39, 0.29) is 5.91 Å². The first kappa shape index (κ1) is 25.8. The van der Waals surface area contributed by atoms with E-state index in [0.717, 1.165) is 35.1 Å². The number of hydrogen-bond acceptors (Lipinski definition) is 3. The number of halogens is 1. The molecule has 6 heteroatoms. The molecule has 0 atom stereocenters. The van der Waals surface area contributed by atoms with Crippen molar-refractivity contribution in [2.75, 3.05) is 19.6 Å². The standard InChI is InChI=1S/C30H33ClN2O3/c1-30(2,3)36-29(35)32-20-21-15-17-33(18-16-21)28(34)25-13-14-27(31)26(19-25)24-11-9-23(10-12-24)22-7-5-4-6-8-22/h4-14,19,21H,15-18,20H2,1-3H3,(H,32,35). The summed E-state index contributed by atoms with van der Waals surface area (Å²) in [6.07, 6.45) is 1.28. The van der Waals surface area contributed by atoms with Gasteiger partial charge in [0, 0.05) is 35.8 Å². The highest BCUT2D eigenvalue weighted by atomic mass is 35.5. The van der Waals surface area contributed by atoms with E-state index in [2.05, 4.69) is 29.6 Å². The summed E-state index contributed by atoms with van der Waals surface area (Å²) in [6.45, 7) is 7.41. The number of benzene rings is 3. The lowest BCUT2D eigenvalue weighted by atomic mass is 9.95. The minimum absolute atomic E-state index is 0.00683. The smallest absolute Gasteiger partial charge is 0.407 e. The minimum atomic E-state index is -0.513. The highest BCUT2D eigenvalue weighted by molar-refractivity contribution is 6.33. The molecule has 0 aromatic heterocycles. The molecule has 1 saturated heterocycles.